The lowest BCUT2D eigenvalue weighted by atomic mass is 10.0. The topological polar surface area (TPSA) is 24.9 Å². The van der Waals surface area contributed by atoms with Gasteiger partial charge in [-0.1, -0.05) is 52.0 Å². The van der Waals surface area contributed by atoms with Crippen molar-refractivity contribution in [2.45, 2.75) is 78.2 Å². The highest BCUT2D eigenvalue weighted by molar-refractivity contribution is 5.18. The predicted octanol–water partition coefficient (Wildman–Crippen LogP) is 4.66. The van der Waals surface area contributed by atoms with Crippen molar-refractivity contribution in [3.8, 4) is 0 Å². The Morgan fingerprint density at radius 1 is 1.10 bits per heavy atom. The highest BCUT2D eigenvalue weighted by Gasteiger charge is 2.10. The van der Waals surface area contributed by atoms with Gasteiger partial charge in [0.1, 0.15) is 0 Å². The van der Waals surface area contributed by atoms with Crippen LogP contribution in [0.4, 0.5) is 0 Å². The van der Waals surface area contributed by atoms with Crippen molar-refractivity contribution in [2.24, 2.45) is 0 Å². The van der Waals surface area contributed by atoms with Crippen LogP contribution in [0.3, 0.4) is 0 Å². The maximum atomic E-state index is 4.54. The zero-order chi connectivity index (χ0) is 14.6. The summed E-state index contributed by atoms with van der Waals surface area (Å²) in [6.45, 7) is 7.79. The van der Waals surface area contributed by atoms with Crippen molar-refractivity contribution in [3.05, 3.63) is 29.6 Å². The van der Waals surface area contributed by atoms with Crippen LogP contribution in [-0.2, 0) is 6.42 Å². The van der Waals surface area contributed by atoms with E-state index in [2.05, 4.69) is 37.1 Å². The average molecular weight is 276 g/mol. The second-order valence-corrected chi connectivity index (χ2v) is 5.83. The molecule has 1 unspecified atom stereocenters. The van der Waals surface area contributed by atoms with Gasteiger partial charge in [-0.3, -0.25) is 4.98 Å². The minimum Gasteiger partial charge on any atom is -0.314 e. The molecule has 0 aliphatic rings. The first kappa shape index (κ1) is 17.2. The molecule has 1 atom stereocenters. The van der Waals surface area contributed by atoms with Gasteiger partial charge < -0.3 is 5.32 Å². The van der Waals surface area contributed by atoms with Gasteiger partial charge in [-0.05, 0) is 37.9 Å². The second-order valence-electron chi connectivity index (χ2n) is 5.83. The zero-order valence-electron chi connectivity index (χ0n) is 13.6. The summed E-state index contributed by atoms with van der Waals surface area (Å²) in [6, 6.07) is 4.78. The van der Waals surface area contributed by atoms with Crippen LogP contribution in [0.5, 0.6) is 0 Å². The fraction of sp³-hybridized carbons (Fsp3) is 0.722. The number of pyridine rings is 1. The van der Waals surface area contributed by atoms with Crippen LogP contribution in [0.15, 0.2) is 18.3 Å². The normalized spacial score (nSPS) is 12.6. The van der Waals surface area contributed by atoms with Crippen molar-refractivity contribution in [3.63, 3.8) is 0 Å². The van der Waals surface area contributed by atoms with Gasteiger partial charge in [0.05, 0.1) is 0 Å². The first-order chi connectivity index (χ1) is 9.77. The van der Waals surface area contributed by atoms with Gasteiger partial charge in [0.25, 0.3) is 0 Å². The molecule has 0 spiro atoms. The molecule has 1 aromatic heterocycles. The lowest BCUT2D eigenvalue weighted by molar-refractivity contribution is 0.447. The van der Waals surface area contributed by atoms with Crippen LogP contribution in [0.2, 0.25) is 0 Å². The highest BCUT2D eigenvalue weighted by Crippen LogP contribution is 2.12. The van der Waals surface area contributed by atoms with E-state index in [9.17, 15) is 0 Å². The molecule has 0 aromatic carbocycles. The van der Waals surface area contributed by atoms with Crippen LogP contribution in [-0.4, -0.2) is 17.6 Å². The van der Waals surface area contributed by atoms with E-state index in [-0.39, 0.29) is 0 Å². The number of nitrogens with zero attached hydrogens (tertiary/aromatic N) is 1. The first-order valence-corrected chi connectivity index (χ1v) is 8.41. The van der Waals surface area contributed by atoms with Crippen LogP contribution < -0.4 is 5.32 Å². The van der Waals surface area contributed by atoms with E-state index >= 15 is 0 Å². The van der Waals surface area contributed by atoms with Gasteiger partial charge in [-0.25, -0.2) is 0 Å². The molecule has 114 valence electrons. The standard InChI is InChI=1S/C18H32N2/c1-4-6-7-8-9-12-17(19-13-5-2)15-18-16(3)11-10-14-20-18/h10-11,14,17,19H,4-9,12-13,15H2,1-3H3. The molecule has 2 nitrogen and oxygen atoms in total. The van der Waals surface area contributed by atoms with E-state index < -0.39 is 0 Å². The summed E-state index contributed by atoms with van der Waals surface area (Å²) < 4.78 is 0. The molecule has 1 N–H and O–H groups in total. The Morgan fingerprint density at radius 2 is 1.90 bits per heavy atom. The van der Waals surface area contributed by atoms with Crippen molar-refractivity contribution >= 4 is 0 Å². The summed E-state index contributed by atoms with van der Waals surface area (Å²) in [4.78, 5) is 4.54. The van der Waals surface area contributed by atoms with E-state index in [0.717, 1.165) is 13.0 Å². The molecule has 0 aliphatic carbocycles. The Bertz CT molecular complexity index is 349. The third-order valence-electron chi connectivity index (χ3n) is 3.90. The minimum atomic E-state index is 0.588. The smallest absolute Gasteiger partial charge is 0.0448 e. The summed E-state index contributed by atoms with van der Waals surface area (Å²) >= 11 is 0. The van der Waals surface area contributed by atoms with Crippen molar-refractivity contribution in [2.75, 3.05) is 6.54 Å². The molecule has 0 aliphatic heterocycles. The molecular formula is C18H32N2. The van der Waals surface area contributed by atoms with E-state index in [4.69, 9.17) is 0 Å². The zero-order valence-corrected chi connectivity index (χ0v) is 13.6. The fourth-order valence-corrected chi connectivity index (χ4v) is 2.58. The van der Waals surface area contributed by atoms with Gasteiger partial charge in [0.15, 0.2) is 0 Å². The monoisotopic (exact) mass is 276 g/mol. The molecule has 0 bridgehead atoms. The first-order valence-electron chi connectivity index (χ1n) is 8.41. The number of rotatable bonds is 11. The lowest BCUT2D eigenvalue weighted by Crippen LogP contribution is -2.32. The molecule has 0 radical (unpaired) electrons. The third-order valence-corrected chi connectivity index (χ3v) is 3.90. The maximum absolute atomic E-state index is 4.54. The van der Waals surface area contributed by atoms with Gasteiger partial charge in [0.2, 0.25) is 0 Å². The Kier molecular flexibility index (Phi) is 9.31. The average Bonchev–Trinajstić information content (AvgIpc) is 2.46. The lowest BCUT2D eigenvalue weighted by Gasteiger charge is -2.19. The van der Waals surface area contributed by atoms with Crippen molar-refractivity contribution in [1.82, 2.24) is 10.3 Å². The molecule has 20 heavy (non-hydrogen) atoms. The van der Waals surface area contributed by atoms with Crippen LogP contribution in [0.1, 0.15) is 70.1 Å². The molecule has 1 heterocycles. The Balaban J connectivity index is 2.41. The predicted molar refractivity (Wildman–Crippen MR) is 88.1 cm³/mol. The van der Waals surface area contributed by atoms with Crippen LogP contribution >= 0.6 is 0 Å². The van der Waals surface area contributed by atoms with E-state index in [1.165, 1.54) is 56.2 Å². The number of nitrogens with one attached hydrogen (secondary N) is 1. The van der Waals surface area contributed by atoms with Gasteiger partial charge >= 0.3 is 0 Å². The molecule has 0 saturated heterocycles. The Labute approximate surface area is 125 Å². The summed E-state index contributed by atoms with van der Waals surface area (Å²) in [5, 5.41) is 3.70. The van der Waals surface area contributed by atoms with Gasteiger partial charge in [-0.15, -0.1) is 0 Å². The molecule has 0 amide bonds. The molecule has 0 fully saturated rings. The highest BCUT2D eigenvalue weighted by atomic mass is 14.9. The second kappa shape index (κ2) is 10.8. The number of unbranched alkanes of at least 4 members (excludes halogenated alkanes) is 4. The van der Waals surface area contributed by atoms with Crippen LogP contribution in [0, 0.1) is 6.92 Å². The quantitative estimate of drug-likeness (QED) is 0.595. The molecule has 1 aromatic rings. The van der Waals surface area contributed by atoms with Crippen molar-refractivity contribution in [1.29, 1.82) is 0 Å². The number of aryl methyl sites for hydroxylation is 1. The number of hydrogen-bond donors (Lipinski definition) is 1. The Hall–Kier alpha value is -0.890. The Morgan fingerprint density at radius 3 is 2.60 bits per heavy atom. The van der Waals surface area contributed by atoms with E-state index in [1.807, 2.05) is 12.3 Å². The summed E-state index contributed by atoms with van der Waals surface area (Å²) in [5.74, 6) is 0. The summed E-state index contributed by atoms with van der Waals surface area (Å²) in [6.07, 6.45) is 12.3. The van der Waals surface area contributed by atoms with Crippen molar-refractivity contribution < 1.29 is 0 Å². The SMILES string of the molecule is CCCCCCCC(Cc1ncccc1C)NCCC. The van der Waals surface area contributed by atoms with E-state index in [1.54, 1.807) is 0 Å². The largest absolute Gasteiger partial charge is 0.314 e. The maximum Gasteiger partial charge on any atom is 0.0448 e. The third kappa shape index (κ3) is 7.04. The summed E-state index contributed by atoms with van der Waals surface area (Å²) in [5.41, 5.74) is 2.58. The fourth-order valence-electron chi connectivity index (χ4n) is 2.58. The molecular weight excluding hydrogens is 244 g/mol. The molecule has 1 rings (SSSR count). The van der Waals surface area contributed by atoms with Crippen LogP contribution in [0.25, 0.3) is 0 Å². The number of aromatic nitrogens is 1. The van der Waals surface area contributed by atoms with E-state index in [0.29, 0.717) is 6.04 Å². The molecule has 0 saturated carbocycles. The summed E-state index contributed by atoms with van der Waals surface area (Å²) in [7, 11) is 0. The molecule has 2 heteroatoms. The number of hydrogen-bond acceptors (Lipinski definition) is 2. The van der Waals surface area contributed by atoms with Gasteiger partial charge in [0, 0.05) is 24.4 Å². The van der Waals surface area contributed by atoms with Gasteiger partial charge in [-0.2, -0.15) is 0 Å². The minimum absolute atomic E-state index is 0.588.